The molecule has 134 valence electrons. The van der Waals surface area contributed by atoms with Crippen molar-refractivity contribution in [2.24, 2.45) is 0 Å². The van der Waals surface area contributed by atoms with E-state index in [2.05, 4.69) is 15.4 Å². The van der Waals surface area contributed by atoms with E-state index in [1.807, 2.05) is 6.07 Å². The van der Waals surface area contributed by atoms with E-state index in [0.717, 1.165) is 0 Å². The molecule has 1 aromatic heterocycles. The van der Waals surface area contributed by atoms with Gasteiger partial charge in [0.15, 0.2) is 5.82 Å². The van der Waals surface area contributed by atoms with Gasteiger partial charge in [-0.25, -0.2) is 9.07 Å². The summed E-state index contributed by atoms with van der Waals surface area (Å²) < 4.78 is 24.7. The van der Waals surface area contributed by atoms with Crippen LogP contribution in [0.15, 0.2) is 48.5 Å². The van der Waals surface area contributed by atoms with Crippen molar-refractivity contribution in [3.8, 4) is 23.1 Å². The van der Waals surface area contributed by atoms with Crippen LogP contribution in [0.3, 0.4) is 0 Å². The molecule has 2 aromatic carbocycles. The number of carbonyl (C=O) groups is 1. The lowest BCUT2D eigenvalue weighted by atomic mass is 10.2. The average molecular weight is 356 g/mol. The van der Waals surface area contributed by atoms with Crippen LogP contribution >= 0.6 is 0 Å². The molecular formula is C18H17FN4O3. The number of ether oxygens (including phenoxy) is 2. The minimum atomic E-state index is -0.338. The molecule has 26 heavy (non-hydrogen) atoms. The van der Waals surface area contributed by atoms with Gasteiger partial charge in [0.05, 0.1) is 12.8 Å². The zero-order valence-corrected chi connectivity index (χ0v) is 14.3. The molecule has 0 aliphatic rings. The Labute approximate surface area is 149 Å². The maximum Gasteiger partial charge on any atom is 0.336 e. The first-order valence-corrected chi connectivity index (χ1v) is 7.77. The third kappa shape index (κ3) is 3.86. The smallest absolute Gasteiger partial charge is 0.336 e. The van der Waals surface area contributed by atoms with Crippen molar-refractivity contribution in [2.75, 3.05) is 26.1 Å². The molecule has 0 fully saturated rings. The van der Waals surface area contributed by atoms with Gasteiger partial charge in [0, 0.05) is 18.4 Å². The summed E-state index contributed by atoms with van der Waals surface area (Å²) in [6.45, 7) is -0.0395. The highest BCUT2D eigenvalue weighted by Crippen LogP contribution is 2.25. The Morgan fingerprint density at radius 2 is 1.96 bits per heavy atom. The highest BCUT2D eigenvalue weighted by Gasteiger charge is 2.15. The van der Waals surface area contributed by atoms with Gasteiger partial charge in [-0.15, -0.1) is 5.10 Å². The van der Waals surface area contributed by atoms with Crippen molar-refractivity contribution in [1.82, 2.24) is 14.8 Å². The minimum absolute atomic E-state index is 0.0395. The van der Waals surface area contributed by atoms with Gasteiger partial charge in [0.25, 0.3) is 0 Å². The normalized spacial score (nSPS) is 10.6. The van der Waals surface area contributed by atoms with E-state index in [1.165, 1.54) is 26.4 Å². The Morgan fingerprint density at radius 3 is 2.65 bits per heavy atom. The van der Waals surface area contributed by atoms with E-state index in [4.69, 9.17) is 9.47 Å². The van der Waals surface area contributed by atoms with Crippen molar-refractivity contribution in [2.45, 2.75) is 0 Å². The molecule has 0 atom stereocenters. The van der Waals surface area contributed by atoms with Crippen molar-refractivity contribution in [3.05, 3.63) is 54.3 Å². The lowest BCUT2D eigenvalue weighted by molar-refractivity contribution is -0.119. The van der Waals surface area contributed by atoms with Crippen LogP contribution < -0.4 is 10.1 Å². The van der Waals surface area contributed by atoms with E-state index in [0.29, 0.717) is 22.8 Å². The number of nitrogens with one attached hydrogen (secondary N) is 1. The maximum atomic E-state index is 13.2. The van der Waals surface area contributed by atoms with Crippen LogP contribution in [-0.4, -0.2) is 41.5 Å². The zero-order valence-electron chi connectivity index (χ0n) is 14.3. The Morgan fingerprint density at radius 1 is 1.19 bits per heavy atom. The summed E-state index contributed by atoms with van der Waals surface area (Å²) in [7, 11) is 2.92. The van der Waals surface area contributed by atoms with Crippen molar-refractivity contribution in [3.63, 3.8) is 0 Å². The predicted molar refractivity (Wildman–Crippen MR) is 93.8 cm³/mol. The topological polar surface area (TPSA) is 78.3 Å². The second kappa shape index (κ2) is 7.75. The highest BCUT2D eigenvalue weighted by molar-refractivity contribution is 5.91. The molecule has 3 aromatic rings. The molecule has 0 bridgehead atoms. The van der Waals surface area contributed by atoms with Crippen LogP contribution in [0.25, 0.3) is 17.1 Å². The van der Waals surface area contributed by atoms with Gasteiger partial charge in [-0.2, -0.15) is 4.98 Å². The number of anilines is 1. The third-order valence-corrected chi connectivity index (χ3v) is 3.52. The van der Waals surface area contributed by atoms with Crippen LogP contribution in [0.4, 0.5) is 10.1 Å². The van der Waals surface area contributed by atoms with Crippen molar-refractivity contribution < 1.29 is 18.7 Å². The number of amides is 1. The number of halogens is 1. The zero-order chi connectivity index (χ0) is 18.5. The largest absolute Gasteiger partial charge is 0.466 e. The lowest BCUT2D eigenvalue weighted by Gasteiger charge is -2.09. The minimum Gasteiger partial charge on any atom is -0.466 e. The predicted octanol–water partition coefficient (Wildman–Crippen LogP) is 2.67. The van der Waals surface area contributed by atoms with E-state index in [-0.39, 0.29) is 24.3 Å². The van der Waals surface area contributed by atoms with E-state index < -0.39 is 0 Å². The maximum absolute atomic E-state index is 13.2. The first kappa shape index (κ1) is 17.6. The SMILES string of the molecule is COCC(=O)Nc1cccc(-n2nc(OC)nc2-c2ccc(F)cc2)c1. The Hall–Kier alpha value is -3.26. The summed E-state index contributed by atoms with van der Waals surface area (Å²) in [6.07, 6.45) is 0. The highest BCUT2D eigenvalue weighted by atomic mass is 19.1. The quantitative estimate of drug-likeness (QED) is 0.735. The summed E-state index contributed by atoms with van der Waals surface area (Å²) >= 11 is 0. The standard InChI is InChI=1S/C18H17FN4O3/c1-25-11-16(24)20-14-4-3-5-15(10-14)23-17(21-18(22-23)26-2)12-6-8-13(19)9-7-12/h3-10H,11H2,1-2H3,(H,20,24). The number of hydrogen-bond donors (Lipinski definition) is 1. The summed E-state index contributed by atoms with van der Waals surface area (Å²) in [5, 5.41) is 7.04. The fourth-order valence-electron chi connectivity index (χ4n) is 2.39. The third-order valence-electron chi connectivity index (χ3n) is 3.52. The second-order valence-corrected chi connectivity index (χ2v) is 5.37. The first-order chi connectivity index (χ1) is 12.6. The molecule has 3 rings (SSSR count). The number of hydrogen-bond acceptors (Lipinski definition) is 5. The molecule has 1 amide bonds. The summed E-state index contributed by atoms with van der Waals surface area (Å²) in [5.41, 5.74) is 1.93. The van der Waals surface area contributed by atoms with Gasteiger partial charge < -0.3 is 14.8 Å². The van der Waals surface area contributed by atoms with Crippen LogP contribution in [0.1, 0.15) is 0 Å². The number of benzene rings is 2. The molecule has 0 aliphatic carbocycles. The summed E-state index contributed by atoms with van der Waals surface area (Å²) in [6, 6.07) is 13.2. The molecule has 7 nitrogen and oxygen atoms in total. The van der Waals surface area contributed by atoms with E-state index >= 15 is 0 Å². The van der Waals surface area contributed by atoms with Gasteiger partial charge in [-0.1, -0.05) is 6.07 Å². The van der Waals surface area contributed by atoms with Crippen LogP contribution in [0, 0.1) is 5.82 Å². The van der Waals surface area contributed by atoms with Crippen LogP contribution in [-0.2, 0) is 9.53 Å². The monoisotopic (exact) mass is 356 g/mol. The molecule has 0 unspecified atom stereocenters. The van der Waals surface area contributed by atoms with Crippen molar-refractivity contribution in [1.29, 1.82) is 0 Å². The molecule has 1 N–H and O–H groups in total. The molecule has 0 saturated heterocycles. The molecular weight excluding hydrogens is 339 g/mol. The van der Waals surface area contributed by atoms with Gasteiger partial charge in [0.1, 0.15) is 12.4 Å². The van der Waals surface area contributed by atoms with Gasteiger partial charge >= 0.3 is 6.01 Å². The Bertz CT molecular complexity index is 909. The molecule has 0 saturated carbocycles. The molecule has 8 heteroatoms. The van der Waals surface area contributed by atoms with E-state index in [1.54, 1.807) is 35.0 Å². The Kier molecular flexibility index (Phi) is 5.23. The number of nitrogens with zero attached hydrogens (tertiary/aromatic N) is 3. The average Bonchev–Trinajstić information content (AvgIpc) is 3.07. The van der Waals surface area contributed by atoms with Gasteiger partial charge in [-0.3, -0.25) is 4.79 Å². The van der Waals surface area contributed by atoms with Crippen molar-refractivity contribution >= 4 is 11.6 Å². The summed E-state index contributed by atoms with van der Waals surface area (Å²) in [5.74, 6) is -0.114. The fourth-order valence-corrected chi connectivity index (χ4v) is 2.39. The van der Waals surface area contributed by atoms with Gasteiger partial charge in [-0.05, 0) is 42.5 Å². The molecule has 0 spiro atoms. The lowest BCUT2D eigenvalue weighted by Crippen LogP contribution is -2.17. The van der Waals surface area contributed by atoms with E-state index in [9.17, 15) is 9.18 Å². The van der Waals surface area contributed by atoms with Gasteiger partial charge in [0.2, 0.25) is 5.91 Å². The molecule has 0 radical (unpaired) electrons. The first-order valence-electron chi connectivity index (χ1n) is 7.77. The van der Waals surface area contributed by atoms with Crippen LogP contribution in [0.5, 0.6) is 6.01 Å². The molecule has 1 heterocycles. The molecule has 0 aliphatic heterocycles. The number of rotatable bonds is 6. The fraction of sp³-hybridized carbons (Fsp3) is 0.167. The number of carbonyl (C=O) groups excluding carboxylic acids is 1. The Balaban J connectivity index is 1.99. The second-order valence-electron chi connectivity index (χ2n) is 5.37. The van der Waals surface area contributed by atoms with Crippen LogP contribution in [0.2, 0.25) is 0 Å². The summed E-state index contributed by atoms with van der Waals surface area (Å²) in [4.78, 5) is 16.0. The number of aromatic nitrogens is 3. The number of methoxy groups -OCH3 is 2.